The van der Waals surface area contributed by atoms with E-state index in [0.717, 1.165) is 24.8 Å². The molecule has 2 unspecified atom stereocenters. The van der Waals surface area contributed by atoms with E-state index in [1.807, 2.05) is 13.8 Å². The molecule has 0 aliphatic carbocycles. The summed E-state index contributed by atoms with van der Waals surface area (Å²) in [5, 5.41) is 0. The summed E-state index contributed by atoms with van der Waals surface area (Å²) >= 11 is 0. The van der Waals surface area contributed by atoms with Crippen molar-refractivity contribution in [3.8, 4) is 11.1 Å². The summed E-state index contributed by atoms with van der Waals surface area (Å²) in [6.07, 6.45) is 4.03. The minimum Gasteiger partial charge on any atom is -0.382 e. The van der Waals surface area contributed by atoms with Crippen molar-refractivity contribution >= 4 is 0 Å². The van der Waals surface area contributed by atoms with Crippen LogP contribution in [0.25, 0.3) is 11.1 Å². The quantitative estimate of drug-likeness (QED) is 0.472. The summed E-state index contributed by atoms with van der Waals surface area (Å²) in [6.45, 7) is 5.79. The Balaban J connectivity index is 1.71. The van der Waals surface area contributed by atoms with E-state index in [9.17, 15) is 13.2 Å². The van der Waals surface area contributed by atoms with Crippen LogP contribution in [0.5, 0.6) is 0 Å². The molecule has 1 fully saturated rings. The van der Waals surface area contributed by atoms with Crippen molar-refractivity contribution in [2.45, 2.75) is 58.0 Å². The fourth-order valence-corrected chi connectivity index (χ4v) is 3.92. The molecule has 0 saturated carbocycles. The SMILES string of the molecule is CCCc1ccc(-c2ccc(C3CCC(CCOCC)OC3)cc2F)c(F)c1F. The molecule has 0 spiro atoms. The molecule has 1 saturated heterocycles. The van der Waals surface area contributed by atoms with Gasteiger partial charge in [0.05, 0.1) is 12.7 Å². The van der Waals surface area contributed by atoms with Crippen LogP contribution < -0.4 is 0 Å². The van der Waals surface area contributed by atoms with Crippen molar-refractivity contribution in [3.63, 3.8) is 0 Å². The van der Waals surface area contributed by atoms with Crippen LogP contribution in [0.1, 0.15) is 56.6 Å². The first-order valence-corrected chi connectivity index (χ1v) is 10.5. The summed E-state index contributed by atoms with van der Waals surface area (Å²) in [5.74, 6) is -2.30. The average Bonchev–Trinajstić information content (AvgIpc) is 2.73. The van der Waals surface area contributed by atoms with Crippen LogP contribution in [0.4, 0.5) is 13.2 Å². The third kappa shape index (κ3) is 5.20. The van der Waals surface area contributed by atoms with Gasteiger partial charge in [0.25, 0.3) is 0 Å². The Morgan fingerprint density at radius 2 is 1.79 bits per heavy atom. The number of halogens is 3. The number of hydrogen-bond donors (Lipinski definition) is 0. The van der Waals surface area contributed by atoms with E-state index in [2.05, 4.69) is 0 Å². The third-order valence-electron chi connectivity index (χ3n) is 5.59. The van der Waals surface area contributed by atoms with Gasteiger partial charge in [-0.1, -0.05) is 37.6 Å². The Labute approximate surface area is 171 Å². The van der Waals surface area contributed by atoms with Crippen molar-refractivity contribution in [3.05, 3.63) is 58.9 Å². The molecule has 0 bridgehead atoms. The molecular formula is C24H29F3O2. The van der Waals surface area contributed by atoms with Crippen LogP contribution in [0.2, 0.25) is 0 Å². The average molecular weight is 406 g/mol. The largest absolute Gasteiger partial charge is 0.382 e. The minimum atomic E-state index is -0.985. The molecule has 0 radical (unpaired) electrons. The summed E-state index contributed by atoms with van der Waals surface area (Å²) < 4.78 is 54.8. The molecule has 2 aromatic carbocycles. The van der Waals surface area contributed by atoms with Gasteiger partial charge in [-0.25, -0.2) is 13.2 Å². The second-order valence-electron chi connectivity index (χ2n) is 7.60. The predicted octanol–water partition coefficient (Wildman–Crippen LogP) is 6.41. The van der Waals surface area contributed by atoms with E-state index in [1.54, 1.807) is 18.2 Å². The van der Waals surface area contributed by atoms with E-state index in [0.29, 0.717) is 38.2 Å². The maximum Gasteiger partial charge on any atom is 0.167 e. The smallest absolute Gasteiger partial charge is 0.167 e. The molecule has 1 aliphatic heterocycles. The van der Waals surface area contributed by atoms with Crippen LogP contribution in [0, 0.1) is 17.5 Å². The Morgan fingerprint density at radius 1 is 1.00 bits per heavy atom. The van der Waals surface area contributed by atoms with Crippen LogP contribution in [-0.2, 0) is 15.9 Å². The third-order valence-corrected chi connectivity index (χ3v) is 5.59. The van der Waals surface area contributed by atoms with Gasteiger partial charge in [0.15, 0.2) is 11.6 Å². The van der Waals surface area contributed by atoms with Crippen LogP contribution in [0.15, 0.2) is 30.3 Å². The summed E-state index contributed by atoms with van der Waals surface area (Å²) in [7, 11) is 0. The van der Waals surface area contributed by atoms with Gasteiger partial charge in [-0.05, 0) is 49.8 Å². The summed E-state index contributed by atoms with van der Waals surface area (Å²) in [4.78, 5) is 0. The van der Waals surface area contributed by atoms with E-state index >= 15 is 0 Å². The number of benzene rings is 2. The molecule has 0 N–H and O–H groups in total. The van der Waals surface area contributed by atoms with E-state index in [4.69, 9.17) is 9.47 Å². The fraction of sp³-hybridized carbons (Fsp3) is 0.500. The molecule has 1 aliphatic rings. The van der Waals surface area contributed by atoms with Crippen molar-refractivity contribution in [2.24, 2.45) is 0 Å². The molecule has 0 aromatic heterocycles. The molecule has 5 heteroatoms. The topological polar surface area (TPSA) is 18.5 Å². The van der Waals surface area contributed by atoms with Gasteiger partial charge in [-0.2, -0.15) is 0 Å². The highest BCUT2D eigenvalue weighted by Gasteiger charge is 2.24. The normalized spacial score (nSPS) is 19.5. The Hall–Kier alpha value is -1.85. The van der Waals surface area contributed by atoms with Crippen molar-refractivity contribution in [1.82, 2.24) is 0 Å². The van der Waals surface area contributed by atoms with Gasteiger partial charge >= 0.3 is 0 Å². The number of rotatable bonds is 8. The van der Waals surface area contributed by atoms with Crippen molar-refractivity contribution in [2.75, 3.05) is 19.8 Å². The van der Waals surface area contributed by atoms with Crippen molar-refractivity contribution in [1.29, 1.82) is 0 Å². The molecule has 2 nitrogen and oxygen atoms in total. The van der Waals surface area contributed by atoms with Crippen LogP contribution in [0.3, 0.4) is 0 Å². The van der Waals surface area contributed by atoms with Gasteiger partial charge in [-0.3, -0.25) is 0 Å². The molecule has 29 heavy (non-hydrogen) atoms. The fourth-order valence-electron chi connectivity index (χ4n) is 3.92. The first-order valence-electron chi connectivity index (χ1n) is 10.5. The summed E-state index contributed by atoms with van der Waals surface area (Å²) in [5.41, 5.74) is 1.20. The zero-order chi connectivity index (χ0) is 20.8. The first-order chi connectivity index (χ1) is 14.0. The molecule has 158 valence electrons. The van der Waals surface area contributed by atoms with Crippen LogP contribution >= 0.6 is 0 Å². The molecule has 2 atom stereocenters. The molecular weight excluding hydrogens is 377 g/mol. The lowest BCUT2D eigenvalue weighted by atomic mass is 9.89. The van der Waals surface area contributed by atoms with E-state index in [-0.39, 0.29) is 23.1 Å². The highest BCUT2D eigenvalue weighted by Crippen LogP contribution is 2.34. The molecule has 2 aromatic rings. The van der Waals surface area contributed by atoms with E-state index in [1.165, 1.54) is 12.1 Å². The van der Waals surface area contributed by atoms with Gasteiger partial charge in [0.2, 0.25) is 0 Å². The lowest BCUT2D eigenvalue weighted by molar-refractivity contribution is -0.0163. The minimum absolute atomic E-state index is 0.0396. The Morgan fingerprint density at radius 3 is 2.45 bits per heavy atom. The number of ether oxygens (including phenoxy) is 2. The van der Waals surface area contributed by atoms with Gasteiger partial charge in [0.1, 0.15) is 5.82 Å². The number of hydrogen-bond acceptors (Lipinski definition) is 2. The van der Waals surface area contributed by atoms with Crippen LogP contribution in [-0.4, -0.2) is 25.9 Å². The van der Waals surface area contributed by atoms with Gasteiger partial charge < -0.3 is 9.47 Å². The first kappa shape index (κ1) is 21.8. The van der Waals surface area contributed by atoms with E-state index < -0.39 is 17.5 Å². The highest BCUT2D eigenvalue weighted by atomic mass is 19.2. The standard InChI is InChI=1S/C24H29F3O2/c1-3-5-16-7-11-21(24(27)23(16)26)20-10-8-17(14-22(20)25)18-6-9-19(29-15-18)12-13-28-4-2/h7-8,10-11,14,18-19H,3-6,9,12-13,15H2,1-2H3. The second kappa shape index (κ2) is 10.3. The van der Waals surface area contributed by atoms with Gasteiger partial charge in [0, 0.05) is 30.3 Å². The lowest BCUT2D eigenvalue weighted by Gasteiger charge is -2.29. The lowest BCUT2D eigenvalue weighted by Crippen LogP contribution is -2.26. The Kier molecular flexibility index (Phi) is 7.73. The summed E-state index contributed by atoms with van der Waals surface area (Å²) in [6, 6.07) is 7.78. The monoisotopic (exact) mass is 406 g/mol. The molecule has 3 rings (SSSR count). The highest BCUT2D eigenvalue weighted by molar-refractivity contribution is 5.66. The van der Waals surface area contributed by atoms with Crippen molar-refractivity contribution < 1.29 is 22.6 Å². The zero-order valence-corrected chi connectivity index (χ0v) is 17.1. The Bertz CT molecular complexity index is 814. The molecule has 1 heterocycles. The van der Waals surface area contributed by atoms with Gasteiger partial charge in [-0.15, -0.1) is 0 Å². The zero-order valence-electron chi connectivity index (χ0n) is 17.1. The maximum atomic E-state index is 14.8. The molecule has 0 amide bonds. The number of aryl methyl sites for hydroxylation is 1. The second-order valence-corrected chi connectivity index (χ2v) is 7.60. The predicted molar refractivity (Wildman–Crippen MR) is 109 cm³/mol. The maximum absolute atomic E-state index is 14.8.